The fraction of sp³-hybridized carbons (Fsp3) is 0.652. The van der Waals surface area contributed by atoms with E-state index in [1.54, 1.807) is 6.92 Å². The van der Waals surface area contributed by atoms with Gasteiger partial charge in [-0.15, -0.1) is 0 Å². The molecule has 2 saturated carbocycles. The molecule has 1 aromatic carbocycles. The zero-order valence-electron chi connectivity index (χ0n) is 17.1. The topological polar surface area (TPSA) is 52.6 Å². The minimum absolute atomic E-state index is 0.202. The van der Waals surface area contributed by atoms with E-state index in [9.17, 15) is 9.59 Å². The molecule has 0 N–H and O–H groups in total. The number of aryl methyl sites for hydroxylation is 3. The molecule has 0 saturated heterocycles. The van der Waals surface area contributed by atoms with Gasteiger partial charge in [0.05, 0.1) is 13.0 Å². The van der Waals surface area contributed by atoms with Gasteiger partial charge >= 0.3 is 11.9 Å². The van der Waals surface area contributed by atoms with E-state index < -0.39 is 5.60 Å². The molecule has 2 aliphatic rings. The Morgan fingerprint density at radius 1 is 1.07 bits per heavy atom. The first kappa shape index (κ1) is 19.9. The van der Waals surface area contributed by atoms with Crippen LogP contribution in [0.4, 0.5) is 0 Å². The van der Waals surface area contributed by atoms with Crippen molar-refractivity contribution in [2.24, 2.45) is 11.8 Å². The summed E-state index contributed by atoms with van der Waals surface area (Å²) < 4.78 is 11.3. The Morgan fingerprint density at radius 2 is 1.74 bits per heavy atom. The van der Waals surface area contributed by atoms with E-state index in [0.29, 0.717) is 31.3 Å². The zero-order chi connectivity index (χ0) is 19.6. The molecule has 4 nitrogen and oxygen atoms in total. The van der Waals surface area contributed by atoms with E-state index >= 15 is 0 Å². The fourth-order valence-electron chi connectivity index (χ4n) is 5.18. The van der Waals surface area contributed by atoms with Gasteiger partial charge < -0.3 is 9.47 Å². The molecule has 1 aromatic rings. The van der Waals surface area contributed by atoms with Gasteiger partial charge in [-0.1, -0.05) is 37.0 Å². The van der Waals surface area contributed by atoms with Crippen LogP contribution in [0.1, 0.15) is 67.7 Å². The number of ether oxygens (including phenoxy) is 2. The van der Waals surface area contributed by atoms with Gasteiger partial charge in [-0.25, -0.2) is 4.79 Å². The van der Waals surface area contributed by atoms with Crippen molar-refractivity contribution in [3.8, 4) is 0 Å². The summed E-state index contributed by atoms with van der Waals surface area (Å²) in [6, 6.07) is 4.17. The van der Waals surface area contributed by atoms with E-state index in [2.05, 4.69) is 19.1 Å². The highest BCUT2D eigenvalue weighted by Crippen LogP contribution is 2.47. The lowest BCUT2D eigenvalue weighted by molar-refractivity contribution is -0.189. The average molecular weight is 373 g/mol. The van der Waals surface area contributed by atoms with Crippen molar-refractivity contribution in [3.05, 3.63) is 34.4 Å². The average Bonchev–Trinajstić information content (AvgIpc) is 3.05. The van der Waals surface area contributed by atoms with Crippen LogP contribution >= 0.6 is 0 Å². The number of esters is 2. The largest absolute Gasteiger partial charge is 0.463 e. The van der Waals surface area contributed by atoms with Gasteiger partial charge in [-0.3, -0.25) is 4.79 Å². The van der Waals surface area contributed by atoms with E-state index in [0.717, 1.165) is 29.5 Å². The Morgan fingerprint density at radius 3 is 2.41 bits per heavy atom. The lowest BCUT2D eigenvalue weighted by atomic mass is 9.73. The summed E-state index contributed by atoms with van der Waals surface area (Å²) in [7, 11) is 0. The Labute approximate surface area is 162 Å². The monoisotopic (exact) mass is 372 g/mol. The molecule has 148 valence electrons. The van der Waals surface area contributed by atoms with Crippen molar-refractivity contribution < 1.29 is 19.1 Å². The Kier molecular flexibility index (Phi) is 5.92. The lowest BCUT2D eigenvalue weighted by Crippen LogP contribution is -2.49. The Hall–Kier alpha value is -1.84. The maximum atomic E-state index is 12.8. The molecule has 0 aliphatic heterocycles. The van der Waals surface area contributed by atoms with Crippen molar-refractivity contribution >= 4 is 11.9 Å². The van der Waals surface area contributed by atoms with E-state index in [1.165, 1.54) is 18.4 Å². The standard InChI is InChI=1S/C23H32O4/c1-5-26-22(25)23(10-9-18-7-6-8-19(18)14-23)27-21(24)13-20-16(3)11-15(2)12-17(20)4/h11-12,18-19H,5-10,13-14H2,1-4H3. The first-order chi connectivity index (χ1) is 12.8. The number of rotatable bonds is 5. The van der Waals surface area contributed by atoms with Crippen LogP contribution in [0.25, 0.3) is 0 Å². The first-order valence-electron chi connectivity index (χ1n) is 10.3. The predicted octanol–water partition coefficient (Wildman–Crippen LogP) is 4.60. The van der Waals surface area contributed by atoms with Gasteiger partial charge in [0.15, 0.2) is 0 Å². The SMILES string of the molecule is CCOC(=O)C1(OC(=O)Cc2c(C)cc(C)cc2C)CCC2CCCC2C1. The summed E-state index contributed by atoms with van der Waals surface area (Å²) in [5.41, 5.74) is 3.28. The maximum absolute atomic E-state index is 12.8. The molecule has 4 heteroatoms. The fourth-order valence-corrected chi connectivity index (χ4v) is 5.18. The van der Waals surface area contributed by atoms with Gasteiger partial charge in [0.2, 0.25) is 5.60 Å². The predicted molar refractivity (Wildman–Crippen MR) is 104 cm³/mol. The normalized spacial score (nSPS) is 27.1. The summed E-state index contributed by atoms with van der Waals surface area (Å²) in [6.07, 6.45) is 5.92. The van der Waals surface area contributed by atoms with Crippen molar-refractivity contribution in [3.63, 3.8) is 0 Å². The quantitative estimate of drug-likeness (QED) is 0.709. The van der Waals surface area contributed by atoms with Crippen LogP contribution in [0.15, 0.2) is 12.1 Å². The third-order valence-electron chi connectivity index (χ3n) is 6.45. The summed E-state index contributed by atoms with van der Waals surface area (Å²) in [5, 5.41) is 0. The van der Waals surface area contributed by atoms with Gasteiger partial charge in [-0.05, 0) is 69.1 Å². The van der Waals surface area contributed by atoms with Crippen LogP contribution in [0.3, 0.4) is 0 Å². The number of carbonyl (C=O) groups is 2. The number of hydrogen-bond donors (Lipinski definition) is 0. The van der Waals surface area contributed by atoms with Crippen LogP contribution in [0.2, 0.25) is 0 Å². The molecular formula is C23H32O4. The molecule has 0 amide bonds. The summed E-state index contributed by atoms with van der Waals surface area (Å²) in [5.74, 6) is 0.460. The van der Waals surface area contributed by atoms with E-state index in [1.807, 2.05) is 13.8 Å². The van der Waals surface area contributed by atoms with Gasteiger partial charge in [0.1, 0.15) is 0 Å². The van der Waals surface area contributed by atoms with Crippen molar-refractivity contribution in [1.29, 1.82) is 0 Å². The summed E-state index contributed by atoms with van der Waals surface area (Å²) in [4.78, 5) is 25.6. The molecule has 3 unspecified atom stereocenters. The summed E-state index contributed by atoms with van der Waals surface area (Å²) in [6.45, 7) is 8.20. The molecule has 0 heterocycles. The van der Waals surface area contributed by atoms with Crippen molar-refractivity contribution in [2.45, 2.75) is 78.2 Å². The Balaban J connectivity index is 1.78. The number of fused-ring (bicyclic) bond motifs is 1. The molecule has 3 atom stereocenters. The van der Waals surface area contributed by atoms with Gasteiger partial charge in [0, 0.05) is 6.42 Å². The van der Waals surface area contributed by atoms with E-state index in [4.69, 9.17) is 9.47 Å². The molecular weight excluding hydrogens is 340 g/mol. The zero-order valence-corrected chi connectivity index (χ0v) is 17.1. The van der Waals surface area contributed by atoms with Gasteiger partial charge in [-0.2, -0.15) is 0 Å². The second-order valence-corrected chi connectivity index (χ2v) is 8.44. The molecule has 0 aromatic heterocycles. The highest BCUT2D eigenvalue weighted by atomic mass is 16.6. The molecule has 2 fully saturated rings. The maximum Gasteiger partial charge on any atom is 0.350 e. The van der Waals surface area contributed by atoms with Crippen LogP contribution < -0.4 is 0 Å². The van der Waals surface area contributed by atoms with Gasteiger partial charge in [0.25, 0.3) is 0 Å². The Bertz CT molecular complexity index is 700. The molecule has 2 aliphatic carbocycles. The molecule has 0 spiro atoms. The van der Waals surface area contributed by atoms with E-state index in [-0.39, 0.29) is 18.4 Å². The minimum atomic E-state index is -1.09. The third kappa shape index (κ3) is 4.20. The smallest absolute Gasteiger partial charge is 0.350 e. The van der Waals surface area contributed by atoms with Crippen LogP contribution in [-0.4, -0.2) is 24.1 Å². The van der Waals surface area contributed by atoms with Crippen molar-refractivity contribution in [2.75, 3.05) is 6.61 Å². The second kappa shape index (κ2) is 8.04. The lowest BCUT2D eigenvalue weighted by Gasteiger charge is -2.40. The van der Waals surface area contributed by atoms with Crippen molar-refractivity contribution in [1.82, 2.24) is 0 Å². The number of benzene rings is 1. The minimum Gasteiger partial charge on any atom is -0.463 e. The highest BCUT2D eigenvalue weighted by Gasteiger charge is 2.51. The summed E-state index contributed by atoms with van der Waals surface area (Å²) >= 11 is 0. The van der Waals surface area contributed by atoms with Crippen LogP contribution in [-0.2, 0) is 25.5 Å². The van der Waals surface area contributed by atoms with Crippen LogP contribution in [0.5, 0.6) is 0 Å². The number of hydrogen-bond acceptors (Lipinski definition) is 4. The first-order valence-corrected chi connectivity index (χ1v) is 10.3. The molecule has 27 heavy (non-hydrogen) atoms. The second-order valence-electron chi connectivity index (χ2n) is 8.44. The molecule has 0 radical (unpaired) electrons. The third-order valence-corrected chi connectivity index (χ3v) is 6.45. The molecule has 0 bridgehead atoms. The highest BCUT2D eigenvalue weighted by molar-refractivity contribution is 5.84. The van der Waals surface area contributed by atoms with Crippen LogP contribution in [0, 0.1) is 32.6 Å². The number of carbonyl (C=O) groups excluding carboxylic acids is 2. The molecule has 3 rings (SSSR count).